The van der Waals surface area contributed by atoms with E-state index in [0.29, 0.717) is 28.2 Å². The third-order valence-electron chi connectivity index (χ3n) is 4.07. The van der Waals surface area contributed by atoms with E-state index in [1.165, 1.54) is 29.1 Å². The second-order valence-corrected chi connectivity index (χ2v) is 8.07. The number of aromatic amines is 1. The standard InChI is InChI=1S/C18H14FN5O3S/c1-28(26,27)15-5-3-2-4-13(15)24-14-8-17(21-10-12(14)18(25)23-24)22-16-7-6-11(19)9-20-16/h2-10H,1H3,(H,23,25)(H,20,21,22). The summed E-state index contributed by atoms with van der Waals surface area (Å²) >= 11 is 0. The molecule has 4 aromatic rings. The minimum absolute atomic E-state index is 0.0784. The normalized spacial score (nSPS) is 11.6. The van der Waals surface area contributed by atoms with Gasteiger partial charge in [0.2, 0.25) is 0 Å². The molecule has 0 spiro atoms. The Balaban J connectivity index is 1.87. The van der Waals surface area contributed by atoms with Crippen LogP contribution in [0.5, 0.6) is 0 Å². The van der Waals surface area contributed by atoms with Gasteiger partial charge in [0.05, 0.1) is 27.7 Å². The zero-order valence-corrected chi connectivity index (χ0v) is 15.4. The number of hydrogen-bond donors (Lipinski definition) is 2. The summed E-state index contributed by atoms with van der Waals surface area (Å²) in [6, 6.07) is 10.6. The molecule has 0 radical (unpaired) electrons. The molecule has 4 rings (SSSR count). The molecule has 0 aliphatic rings. The van der Waals surface area contributed by atoms with E-state index < -0.39 is 21.2 Å². The Labute approximate surface area is 158 Å². The summed E-state index contributed by atoms with van der Waals surface area (Å²) < 4.78 is 38.7. The van der Waals surface area contributed by atoms with Crippen molar-refractivity contribution in [2.45, 2.75) is 4.90 Å². The van der Waals surface area contributed by atoms with Gasteiger partial charge >= 0.3 is 0 Å². The second-order valence-electron chi connectivity index (χ2n) is 6.09. The Kier molecular flexibility index (Phi) is 4.19. The molecule has 1 aromatic carbocycles. The highest BCUT2D eigenvalue weighted by Gasteiger charge is 2.17. The van der Waals surface area contributed by atoms with Crippen LogP contribution in [0.25, 0.3) is 16.6 Å². The van der Waals surface area contributed by atoms with Crippen molar-refractivity contribution in [3.05, 3.63) is 71.0 Å². The Morgan fingerprint density at radius 3 is 2.54 bits per heavy atom. The molecule has 0 unspecified atom stereocenters. The number of sulfone groups is 1. The number of fused-ring (bicyclic) bond motifs is 1. The van der Waals surface area contributed by atoms with E-state index >= 15 is 0 Å². The Morgan fingerprint density at radius 1 is 1.07 bits per heavy atom. The largest absolute Gasteiger partial charge is 0.325 e. The summed E-state index contributed by atoms with van der Waals surface area (Å²) in [6.45, 7) is 0. The van der Waals surface area contributed by atoms with Gasteiger partial charge in [0.15, 0.2) is 9.84 Å². The number of H-pyrrole nitrogens is 1. The van der Waals surface area contributed by atoms with E-state index in [4.69, 9.17) is 0 Å². The van der Waals surface area contributed by atoms with Crippen LogP contribution in [0.4, 0.5) is 16.0 Å². The molecule has 28 heavy (non-hydrogen) atoms. The van der Waals surface area contributed by atoms with Crippen LogP contribution in [0, 0.1) is 5.82 Å². The molecular formula is C18H14FN5O3S. The van der Waals surface area contributed by atoms with E-state index in [-0.39, 0.29) is 4.90 Å². The number of hydrogen-bond acceptors (Lipinski definition) is 6. The fraction of sp³-hybridized carbons (Fsp3) is 0.0556. The van der Waals surface area contributed by atoms with Gasteiger partial charge < -0.3 is 5.32 Å². The second kappa shape index (κ2) is 6.57. The van der Waals surface area contributed by atoms with Gasteiger partial charge in [-0.3, -0.25) is 14.6 Å². The number of aromatic nitrogens is 4. The first-order valence-corrected chi connectivity index (χ1v) is 10.0. The maximum atomic E-state index is 13.0. The molecule has 0 bridgehead atoms. The molecule has 0 aliphatic carbocycles. The maximum absolute atomic E-state index is 13.0. The zero-order chi connectivity index (χ0) is 19.9. The number of nitrogens with zero attached hydrogens (tertiary/aromatic N) is 3. The van der Waals surface area contributed by atoms with Crippen molar-refractivity contribution in [1.29, 1.82) is 0 Å². The third-order valence-corrected chi connectivity index (χ3v) is 5.21. The maximum Gasteiger partial charge on any atom is 0.273 e. The highest BCUT2D eigenvalue weighted by atomic mass is 32.2. The van der Waals surface area contributed by atoms with Crippen molar-refractivity contribution in [2.24, 2.45) is 0 Å². The van der Waals surface area contributed by atoms with E-state index in [0.717, 1.165) is 12.5 Å². The molecule has 0 saturated carbocycles. The van der Waals surface area contributed by atoms with Crippen molar-refractivity contribution >= 4 is 32.4 Å². The van der Waals surface area contributed by atoms with Crippen molar-refractivity contribution in [3.63, 3.8) is 0 Å². The molecule has 142 valence electrons. The monoisotopic (exact) mass is 399 g/mol. The van der Waals surface area contributed by atoms with E-state index in [1.807, 2.05) is 0 Å². The lowest BCUT2D eigenvalue weighted by Gasteiger charge is -2.10. The first kappa shape index (κ1) is 17.9. The van der Waals surface area contributed by atoms with E-state index in [9.17, 15) is 17.6 Å². The minimum atomic E-state index is -3.52. The average Bonchev–Trinajstić information content (AvgIpc) is 2.99. The number of benzene rings is 1. The van der Waals surface area contributed by atoms with Crippen LogP contribution >= 0.6 is 0 Å². The van der Waals surface area contributed by atoms with Crippen molar-refractivity contribution in [1.82, 2.24) is 19.7 Å². The van der Waals surface area contributed by atoms with Gasteiger partial charge in [-0.15, -0.1) is 0 Å². The number of nitrogens with one attached hydrogen (secondary N) is 2. The van der Waals surface area contributed by atoms with Crippen molar-refractivity contribution < 1.29 is 12.8 Å². The summed E-state index contributed by atoms with van der Waals surface area (Å²) in [5.74, 6) is 0.260. The number of para-hydroxylation sites is 1. The predicted octanol–water partition coefficient (Wildman–Crippen LogP) is 2.40. The number of rotatable bonds is 4. The van der Waals surface area contributed by atoms with Crippen LogP contribution in [-0.2, 0) is 9.84 Å². The summed E-state index contributed by atoms with van der Waals surface area (Å²) in [5.41, 5.74) is 0.340. The van der Waals surface area contributed by atoms with Crippen LogP contribution in [0.2, 0.25) is 0 Å². The lowest BCUT2D eigenvalue weighted by atomic mass is 10.3. The van der Waals surface area contributed by atoms with E-state index in [2.05, 4.69) is 20.4 Å². The lowest BCUT2D eigenvalue weighted by Crippen LogP contribution is -2.08. The van der Waals surface area contributed by atoms with Crippen LogP contribution < -0.4 is 10.9 Å². The average molecular weight is 399 g/mol. The predicted molar refractivity (Wildman–Crippen MR) is 102 cm³/mol. The fourth-order valence-electron chi connectivity index (χ4n) is 2.82. The highest BCUT2D eigenvalue weighted by molar-refractivity contribution is 7.90. The van der Waals surface area contributed by atoms with Gasteiger partial charge in [0.1, 0.15) is 17.5 Å². The van der Waals surface area contributed by atoms with Gasteiger partial charge in [0, 0.05) is 18.5 Å². The number of halogens is 1. The summed E-state index contributed by atoms with van der Waals surface area (Å²) in [7, 11) is -3.52. The molecule has 8 nitrogen and oxygen atoms in total. The van der Waals surface area contributed by atoms with E-state index in [1.54, 1.807) is 24.3 Å². The molecule has 0 saturated heterocycles. The summed E-state index contributed by atoms with van der Waals surface area (Å²) in [6.07, 6.45) is 3.54. The molecule has 3 heterocycles. The van der Waals surface area contributed by atoms with Crippen LogP contribution in [0.3, 0.4) is 0 Å². The third kappa shape index (κ3) is 3.25. The lowest BCUT2D eigenvalue weighted by molar-refractivity contribution is 0.601. The van der Waals surface area contributed by atoms with Crippen molar-refractivity contribution in [2.75, 3.05) is 11.6 Å². The molecular weight excluding hydrogens is 385 g/mol. The molecule has 10 heteroatoms. The molecule has 0 fully saturated rings. The SMILES string of the molecule is CS(=O)(=O)c1ccccc1-n1[nH]c(=O)c2cnc(Nc3ccc(F)cn3)cc21. The first-order valence-electron chi connectivity index (χ1n) is 8.12. The molecule has 0 atom stereocenters. The molecule has 0 amide bonds. The summed E-state index contributed by atoms with van der Waals surface area (Å²) in [4.78, 5) is 20.5. The Hall–Kier alpha value is -3.53. The minimum Gasteiger partial charge on any atom is -0.325 e. The van der Waals surface area contributed by atoms with Crippen LogP contribution in [0.15, 0.2) is 64.5 Å². The van der Waals surface area contributed by atoms with Gasteiger partial charge in [-0.2, -0.15) is 0 Å². The van der Waals surface area contributed by atoms with Gasteiger partial charge in [0.25, 0.3) is 5.56 Å². The first-order chi connectivity index (χ1) is 13.3. The van der Waals surface area contributed by atoms with Gasteiger partial charge in [-0.1, -0.05) is 12.1 Å². The van der Waals surface area contributed by atoms with Crippen LogP contribution in [0.1, 0.15) is 0 Å². The topological polar surface area (TPSA) is 110 Å². The molecule has 2 N–H and O–H groups in total. The Bertz CT molecular complexity index is 1340. The van der Waals surface area contributed by atoms with Gasteiger partial charge in [-0.25, -0.2) is 22.8 Å². The number of pyridine rings is 2. The quantitative estimate of drug-likeness (QED) is 0.545. The Morgan fingerprint density at radius 2 is 1.82 bits per heavy atom. The molecule has 0 aliphatic heterocycles. The molecule has 3 aromatic heterocycles. The van der Waals surface area contributed by atoms with Gasteiger partial charge in [-0.05, 0) is 24.3 Å². The van der Waals surface area contributed by atoms with Crippen LogP contribution in [-0.4, -0.2) is 34.4 Å². The smallest absolute Gasteiger partial charge is 0.273 e. The number of anilines is 2. The van der Waals surface area contributed by atoms with Crippen molar-refractivity contribution in [3.8, 4) is 5.69 Å². The zero-order valence-electron chi connectivity index (χ0n) is 14.5. The highest BCUT2D eigenvalue weighted by Crippen LogP contribution is 2.24. The fourth-order valence-corrected chi connectivity index (χ4v) is 3.69. The summed E-state index contributed by atoms with van der Waals surface area (Å²) in [5, 5.41) is 5.86.